The van der Waals surface area contributed by atoms with Crippen LogP contribution in [0.5, 0.6) is 5.75 Å². The molecule has 0 aliphatic heterocycles. The number of ether oxygens (including phenoxy) is 1. The van der Waals surface area contributed by atoms with Gasteiger partial charge in [0.1, 0.15) is 5.75 Å². The van der Waals surface area contributed by atoms with Crippen molar-refractivity contribution in [3.63, 3.8) is 0 Å². The van der Waals surface area contributed by atoms with Crippen LogP contribution in [0.3, 0.4) is 0 Å². The fraction of sp³-hybridized carbons (Fsp3) is 0.0714. The van der Waals surface area contributed by atoms with Gasteiger partial charge >= 0.3 is 5.97 Å². The lowest BCUT2D eigenvalue weighted by atomic mass is 10.0. The molecule has 36 heavy (non-hydrogen) atoms. The summed E-state index contributed by atoms with van der Waals surface area (Å²) in [7, 11) is 0. The normalized spacial score (nSPS) is 10.8. The van der Waals surface area contributed by atoms with Gasteiger partial charge in [0.25, 0.3) is 11.8 Å². The first-order chi connectivity index (χ1) is 17.4. The SMILES string of the molecule is Cc1cccc(C(=O)Oc2ccc(Br)cc2/C=N/NC(=O)CNC(=O)c2cccc3ccccc23)c1. The Balaban J connectivity index is 1.37. The van der Waals surface area contributed by atoms with Crippen molar-refractivity contribution in [1.82, 2.24) is 10.7 Å². The van der Waals surface area contributed by atoms with Crippen LogP contribution in [0.4, 0.5) is 0 Å². The molecule has 0 aliphatic rings. The van der Waals surface area contributed by atoms with Crippen LogP contribution in [0.2, 0.25) is 0 Å². The van der Waals surface area contributed by atoms with E-state index >= 15 is 0 Å². The van der Waals surface area contributed by atoms with E-state index in [9.17, 15) is 14.4 Å². The molecule has 0 heterocycles. The van der Waals surface area contributed by atoms with Gasteiger partial charge in [-0.3, -0.25) is 9.59 Å². The molecule has 4 rings (SSSR count). The minimum absolute atomic E-state index is 0.257. The maximum Gasteiger partial charge on any atom is 0.343 e. The van der Waals surface area contributed by atoms with E-state index in [-0.39, 0.29) is 18.2 Å². The third kappa shape index (κ3) is 6.22. The standard InChI is InChI=1S/C28H22BrN3O4/c1-18-6-4-9-20(14-18)28(35)36-25-13-12-22(29)15-21(25)16-31-32-26(33)17-30-27(34)24-11-5-8-19-7-2-3-10-23(19)24/h2-16H,17H2,1H3,(H,30,34)(H,32,33)/b31-16+. The number of nitrogens with one attached hydrogen (secondary N) is 2. The Labute approximate surface area is 216 Å². The van der Waals surface area contributed by atoms with Gasteiger partial charge in [-0.15, -0.1) is 0 Å². The summed E-state index contributed by atoms with van der Waals surface area (Å²) in [5.74, 6) is -1.08. The Hall–Kier alpha value is -4.30. The van der Waals surface area contributed by atoms with E-state index in [1.807, 2.05) is 43.3 Å². The van der Waals surface area contributed by atoms with Gasteiger partial charge in [0, 0.05) is 15.6 Å². The van der Waals surface area contributed by atoms with Gasteiger partial charge in [0.15, 0.2) is 0 Å². The van der Waals surface area contributed by atoms with E-state index in [1.165, 1.54) is 6.21 Å². The molecule has 180 valence electrons. The molecule has 0 saturated carbocycles. The Morgan fingerprint density at radius 3 is 2.56 bits per heavy atom. The molecule has 0 fully saturated rings. The molecule has 0 radical (unpaired) electrons. The monoisotopic (exact) mass is 543 g/mol. The van der Waals surface area contributed by atoms with E-state index in [0.29, 0.717) is 16.7 Å². The lowest BCUT2D eigenvalue weighted by Crippen LogP contribution is -2.35. The highest BCUT2D eigenvalue weighted by molar-refractivity contribution is 9.10. The minimum atomic E-state index is -0.506. The molecule has 0 unspecified atom stereocenters. The zero-order valence-electron chi connectivity index (χ0n) is 19.3. The number of aryl methyl sites for hydroxylation is 1. The lowest BCUT2D eigenvalue weighted by molar-refractivity contribution is -0.120. The number of hydrazone groups is 1. The largest absolute Gasteiger partial charge is 0.422 e. The molecule has 8 heteroatoms. The van der Waals surface area contributed by atoms with Gasteiger partial charge in [0.2, 0.25) is 0 Å². The van der Waals surface area contributed by atoms with Crippen LogP contribution >= 0.6 is 15.9 Å². The van der Waals surface area contributed by atoms with E-state index in [1.54, 1.807) is 48.5 Å². The molecular weight excluding hydrogens is 522 g/mol. The Morgan fingerprint density at radius 2 is 1.72 bits per heavy atom. The van der Waals surface area contributed by atoms with Crippen molar-refractivity contribution in [1.29, 1.82) is 0 Å². The summed E-state index contributed by atoms with van der Waals surface area (Å²) in [5.41, 5.74) is 4.71. The van der Waals surface area contributed by atoms with Crippen molar-refractivity contribution in [3.8, 4) is 5.75 Å². The summed E-state index contributed by atoms with van der Waals surface area (Å²) in [4.78, 5) is 37.4. The Bertz CT molecular complexity index is 1480. The maximum atomic E-state index is 12.6. The van der Waals surface area contributed by atoms with Gasteiger partial charge in [0.05, 0.1) is 18.3 Å². The quantitative estimate of drug-likeness (QED) is 0.148. The smallest absolute Gasteiger partial charge is 0.343 e. The van der Waals surface area contributed by atoms with Gasteiger partial charge in [-0.2, -0.15) is 5.10 Å². The van der Waals surface area contributed by atoms with Crippen LogP contribution < -0.4 is 15.5 Å². The highest BCUT2D eigenvalue weighted by Gasteiger charge is 2.13. The Kier molecular flexibility index (Phi) is 7.87. The van der Waals surface area contributed by atoms with E-state index in [0.717, 1.165) is 20.8 Å². The predicted molar refractivity (Wildman–Crippen MR) is 142 cm³/mol. The van der Waals surface area contributed by atoms with E-state index in [2.05, 4.69) is 31.8 Å². The van der Waals surface area contributed by atoms with Gasteiger partial charge < -0.3 is 10.1 Å². The van der Waals surface area contributed by atoms with Crippen LogP contribution in [0.25, 0.3) is 10.8 Å². The molecule has 2 N–H and O–H groups in total. The zero-order chi connectivity index (χ0) is 25.5. The first kappa shape index (κ1) is 24.8. The lowest BCUT2D eigenvalue weighted by Gasteiger charge is -2.09. The van der Waals surface area contributed by atoms with Crippen LogP contribution in [0.15, 0.2) is 94.5 Å². The molecular formula is C28H22BrN3O4. The molecule has 0 aliphatic carbocycles. The highest BCUT2D eigenvalue weighted by Crippen LogP contribution is 2.23. The van der Waals surface area contributed by atoms with Crippen LogP contribution in [-0.4, -0.2) is 30.5 Å². The second kappa shape index (κ2) is 11.4. The average molecular weight is 544 g/mol. The molecule has 0 bridgehead atoms. The number of fused-ring (bicyclic) bond motifs is 1. The number of nitrogens with zero attached hydrogens (tertiary/aromatic N) is 1. The first-order valence-electron chi connectivity index (χ1n) is 11.1. The maximum absolute atomic E-state index is 12.6. The van der Waals surface area contributed by atoms with Crippen molar-refractivity contribution in [3.05, 3.63) is 112 Å². The number of amides is 2. The molecule has 4 aromatic carbocycles. The van der Waals surface area contributed by atoms with Crippen molar-refractivity contribution in [2.45, 2.75) is 6.92 Å². The number of halogens is 1. The third-order valence-corrected chi connectivity index (χ3v) is 5.76. The number of carbonyl (C=O) groups excluding carboxylic acids is 3. The van der Waals surface area contributed by atoms with Gasteiger partial charge in [-0.05, 0) is 54.1 Å². The molecule has 4 aromatic rings. The van der Waals surface area contributed by atoms with Crippen molar-refractivity contribution in [2.75, 3.05) is 6.54 Å². The van der Waals surface area contributed by atoms with Crippen molar-refractivity contribution < 1.29 is 19.1 Å². The number of carbonyl (C=O) groups is 3. The highest BCUT2D eigenvalue weighted by atomic mass is 79.9. The third-order valence-electron chi connectivity index (χ3n) is 5.26. The molecule has 7 nitrogen and oxygen atoms in total. The Morgan fingerprint density at radius 1 is 0.944 bits per heavy atom. The molecule has 0 atom stereocenters. The van der Waals surface area contributed by atoms with Crippen LogP contribution in [-0.2, 0) is 4.79 Å². The van der Waals surface area contributed by atoms with Crippen LogP contribution in [0, 0.1) is 6.92 Å². The number of hydrogen-bond acceptors (Lipinski definition) is 5. The average Bonchev–Trinajstić information content (AvgIpc) is 2.88. The zero-order valence-corrected chi connectivity index (χ0v) is 20.9. The van der Waals surface area contributed by atoms with E-state index < -0.39 is 11.9 Å². The second-order valence-electron chi connectivity index (χ2n) is 7.94. The van der Waals surface area contributed by atoms with Crippen LogP contribution in [0.1, 0.15) is 31.8 Å². The number of hydrogen-bond donors (Lipinski definition) is 2. The topological polar surface area (TPSA) is 96.9 Å². The van der Waals surface area contributed by atoms with Gasteiger partial charge in [-0.25, -0.2) is 10.2 Å². The fourth-order valence-corrected chi connectivity index (χ4v) is 3.92. The number of rotatable bonds is 7. The fourth-order valence-electron chi connectivity index (χ4n) is 3.54. The predicted octanol–water partition coefficient (Wildman–Crippen LogP) is 5.01. The molecule has 0 aromatic heterocycles. The molecule has 0 saturated heterocycles. The summed E-state index contributed by atoms with van der Waals surface area (Å²) in [5, 5.41) is 8.30. The number of benzene rings is 4. The summed E-state index contributed by atoms with van der Waals surface area (Å²) in [6, 6.07) is 25.1. The molecule has 2 amide bonds. The number of esters is 1. The van der Waals surface area contributed by atoms with Crippen molar-refractivity contribution in [2.24, 2.45) is 5.10 Å². The first-order valence-corrected chi connectivity index (χ1v) is 11.9. The summed E-state index contributed by atoms with van der Waals surface area (Å²) >= 11 is 3.38. The minimum Gasteiger partial charge on any atom is -0.422 e. The summed E-state index contributed by atoms with van der Waals surface area (Å²) in [6.07, 6.45) is 1.37. The second-order valence-corrected chi connectivity index (χ2v) is 8.86. The molecule has 0 spiro atoms. The van der Waals surface area contributed by atoms with Gasteiger partial charge in [-0.1, -0.05) is 70.0 Å². The van der Waals surface area contributed by atoms with Crippen molar-refractivity contribution >= 4 is 50.7 Å². The van der Waals surface area contributed by atoms with E-state index in [4.69, 9.17) is 4.74 Å². The summed E-state index contributed by atoms with van der Waals surface area (Å²) < 4.78 is 6.28. The summed E-state index contributed by atoms with van der Waals surface area (Å²) in [6.45, 7) is 1.63.